The summed E-state index contributed by atoms with van der Waals surface area (Å²) in [6.07, 6.45) is 4.32. The predicted molar refractivity (Wildman–Crippen MR) is 54.8 cm³/mol. The molecule has 0 rings (SSSR count). The van der Waals surface area contributed by atoms with Crippen LogP contribution in [0.4, 0.5) is 0 Å². The molecule has 14 heavy (non-hydrogen) atoms. The average Bonchev–Trinajstić information content (AvgIpc) is 2.17. The van der Waals surface area contributed by atoms with Crippen LogP contribution in [0.2, 0.25) is 0 Å². The number of hydrogen-bond donors (Lipinski definition) is 0. The zero-order valence-electron chi connectivity index (χ0n) is 8.49. The molecule has 0 aliphatic carbocycles. The Morgan fingerprint density at radius 3 is 2.14 bits per heavy atom. The van der Waals surface area contributed by atoms with Crippen molar-refractivity contribution >= 4 is 11.8 Å². The fourth-order valence-electron chi connectivity index (χ4n) is 1.12. The summed E-state index contributed by atoms with van der Waals surface area (Å²) in [5.41, 5.74) is 0. The Hall–Kier alpha value is -1.38. The van der Waals surface area contributed by atoms with Crippen molar-refractivity contribution in [2.24, 2.45) is 5.92 Å². The van der Waals surface area contributed by atoms with Crippen LogP contribution in [0.25, 0.3) is 0 Å². The summed E-state index contributed by atoms with van der Waals surface area (Å²) in [4.78, 5) is 22.3. The topological polar surface area (TPSA) is 43.4 Å². The van der Waals surface area contributed by atoms with E-state index < -0.39 is 5.97 Å². The van der Waals surface area contributed by atoms with E-state index in [2.05, 4.69) is 17.9 Å². The maximum absolute atomic E-state index is 11.5. The molecule has 0 aliphatic rings. The van der Waals surface area contributed by atoms with E-state index in [1.165, 1.54) is 7.11 Å². The van der Waals surface area contributed by atoms with Gasteiger partial charge in [0.2, 0.25) is 0 Å². The number of allylic oxidation sites excluding steroid dienone is 2. The van der Waals surface area contributed by atoms with Gasteiger partial charge < -0.3 is 4.74 Å². The zero-order chi connectivity index (χ0) is 11.0. The van der Waals surface area contributed by atoms with Crippen LogP contribution in [0.5, 0.6) is 0 Å². The summed E-state index contributed by atoms with van der Waals surface area (Å²) in [5.74, 6) is -0.797. The van der Waals surface area contributed by atoms with Crippen molar-refractivity contribution in [2.75, 3.05) is 7.11 Å². The molecule has 0 bridgehead atoms. The summed E-state index contributed by atoms with van der Waals surface area (Å²) < 4.78 is 4.42. The molecule has 0 heterocycles. The van der Waals surface area contributed by atoms with Crippen LogP contribution >= 0.6 is 0 Å². The molecule has 0 aromatic heterocycles. The van der Waals surface area contributed by atoms with Gasteiger partial charge in [-0.15, -0.1) is 13.2 Å². The van der Waals surface area contributed by atoms with Crippen molar-refractivity contribution in [3.8, 4) is 0 Å². The number of rotatable bonds is 7. The number of hydrogen-bond acceptors (Lipinski definition) is 3. The highest BCUT2D eigenvalue weighted by Gasteiger charge is 2.18. The van der Waals surface area contributed by atoms with Gasteiger partial charge in [-0.3, -0.25) is 9.59 Å². The van der Waals surface area contributed by atoms with Gasteiger partial charge in [0.05, 0.1) is 7.11 Å². The van der Waals surface area contributed by atoms with Crippen LogP contribution < -0.4 is 0 Å². The Balaban J connectivity index is 4.19. The van der Waals surface area contributed by atoms with Gasteiger partial charge >= 0.3 is 5.97 Å². The van der Waals surface area contributed by atoms with Crippen LogP contribution in [0.3, 0.4) is 0 Å². The summed E-state index contributed by atoms with van der Waals surface area (Å²) in [6, 6.07) is 0. The standard InChI is InChI=1S/C11H16O3/c1-4-6-9(7-5-2)10(12)8-11(13)14-3/h4-5,9H,1-2,6-8H2,3H3. The second kappa shape index (κ2) is 7.06. The number of ketones is 1. The maximum atomic E-state index is 11.5. The second-order valence-electron chi connectivity index (χ2n) is 2.96. The normalized spacial score (nSPS) is 9.57. The van der Waals surface area contributed by atoms with E-state index in [0.717, 1.165) is 0 Å². The van der Waals surface area contributed by atoms with Gasteiger partial charge in [-0.25, -0.2) is 0 Å². The molecule has 3 nitrogen and oxygen atoms in total. The average molecular weight is 196 g/mol. The lowest BCUT2D eigenvalue weighted by molar-refractivity contribution is -0.144. The van der Waals surface area contributed by atoms with Gasteiger partial charge in [-0.05, 0) is 12.8 Å². The van der Waals surface area contributed by atoms with E-state index in [1.807, 2.05) is 0 Å². The lowest BCUT2D eigenvalue weighted by Gasteiger charge is -2.10. The number of Topliss-reactive ketones (excluding diaryl/α,β-unsaturated/α-hetero) is 1. The van der Waals surface area contributed by atoms with Gasteiger partial charge in [-0.2, -0.15) is 0 Å². The molecule has 3 heteroatoms. The van der Waals surface area contributed by atoms with Crippen LogP contribution in [-0.4, -0.2) is 18.9 Å². The third kappa shape index (κ3) is 4.60. The highest BCUT2D eigenvalue weighted by Crippen LogP contribution is 2.13. The molecule has 0 aliphatic heterocycles. The molecule has 0 aromatic rings. The number of carbonyl (C=O) groups is 2. The van der Waals surface area contributed by atoms with E-state index in [0.29, 0.717) is 12.8 Å². The van der Waals surface area contributed by atoms with E-state index in [4.69, 9.17) is 0 Å². The molecule has 0 spiro atoms. The lowest BCUT2D eigenvalue weighted by Crippen LogP contribution is -2.18. The first kappa shape index (κ1) is 12.6. The van der Waals surface area contributed by atoms with Crippen molar-refractivity contribution in [3.05, 3.63) is 25.3 Å². The smallest absolute Gasteiger partial charge is 0.313 e. The second-order valence-corrected chi connectivity index (χ2v) is 2.96. The minimum absolute atomic E-state index is 0.114. The van der Waals surface area contributed by atoms with Crippen molar-refractivity contribution in [2.45, 2.75) is 19.3 Å². The first-order valence-corrected chi connectivity index (χ1v) is 4.47. The van der Waals surface area contributed by atoms with E-state index in [1.54, 1.807) is 12.2 Å². The number of ether oxygens (including phenoxy) is 1. The number of methoxy groups -OCH3 is 1. The van der Waals surface area contributed by atoms with Crippen molar-refractivity contribution in [1.82, 2.24) is 0 Å². The first-order valence-electron chi connectivity index (χ1n) is 4.47. The zero-order valence-corrected chi connectivity index (χ0v) is 8.49. The molecule has 0 aromatic carbocycles. The minimum atomic E-state index is -0.492. The highest BCUT2D eigenvalue weighted by atomic mass is 16.5. The Morgan fingerprint density at radius 1 is 1.29 bits per heavy atom. The van der Waals surface area contributed by atoms with Crippen molar-refractivity contribution in [1.29, 1.82) is 0 Å². The maximum Gasteiger partial charge on any atom is 0.313 e. The van der Waals surface area contributed by atoms with Gasteiger partial charge in [0.25, 0.3) is 0 Å². The van der Waals surface area contributed by atoms with E-state index in [-0.39, 0.29) is 18.1 Å². The fraction of sp³-hybridized carbons (Fsp3) is 0.455. The molecule has 0 amide bonds. The number of carbonyl (C=O) groups excluding carboxylic acids is 2. The van der Waals surface area contributed by atoms with E-state index in [9.17, 15) is 9.59 Å². The van der Waals surface area contributed by atoms with Crippen molar-refractivity contribution in [3.63, 3.8) is 0 Å². The molecule has 0 fully saturated rings. The number of esters is 1. The molecule has 0 radical (unpaired) electrons. The monoisotopic (exact) mass is 196 g/mol. The molecule has 0 N–H and O–H groups in total. The van der Waals surface area contributed by atoms with Gasteiger partial charge in [0.1, 0.15) is 12.2 Å². The van der Waals surface area contributed by atoms with Gasteiger partial charge in [0, 0.05) is 5.92 Å². The Morgan fingerprint density at radius 2 is 1.79 bits per heavy atom. The quantitative estimate of drug-likeness (QED) is 0.355. The van der Waals surface area contributed by atoms with E-state index >= 15 is 0 Å². The molecular formula is C11H16O3. The first-order chi connectivity index (χ1) is 6.65. The molecule has 78 valence electrons. The molecular weight excluding hydrogens is 180 g/mol. The van der Waals surface area contributed by atoms with Crippen LogP contribution in [0.1, 0.15) is 19.3 Å². The Bertz CT molecular complexity index is 221. The molecule has 0 atom stereocenters. The summed E-state index contributed by atoms with van der Waals surface area (Å²) in [6.45, 7) is 7.12. The fourth-order valence-corrected chi connectivity index (χ4v) is 1.12. The summed E-state index contributed by atoms with van der Waals surface area (Å²) in [5, 5.41) is 0. The molecule has 0 saturated heterocycles. The third-order valence-corrected chi connectivity index (χ3v) is 1.90. The Labute approximate surface area is 84.4 Å². The predicted octanol–water partition coefficient (Wildman–Crippen LogP) is 1.89. The Kier molecular flexibility index (Phi) is 6.37. The van der Waals surface area contributed by atoms with Crippen LogP contribution in [0, 0.1) is 5.92 Å². The lowest BCUT2D eigenvalue weighted by atomic mass is 9.94. The van der Waals surface area contributed by atoms with Crippen LogP contribution in [-0.2, 0) is 14.3 Å². The molecule has 0 unspecified atom stereocenters. The SMILES string of the molecule is C=CCC(CC=C)C(=O)CC(=O)OC. The summed E-state index contributed by atoms with van der Waals surface area (Å²) in [7, 11) is 1.27. The third-order valence-electron chi connectivity index (χ3n) is 1.90. The molecule has 0 saturated carbocycles. The summed E-state index contributed by atoms with van der Waals surface area (Å²) >= 11 is 0. The van der Waals surface area contributed by atoms with Gasteiger partial charge in [0.15, 0.2) is 0 Å². The minimum Gasteiger partial charge on any atom is -0.469 e. The van der Waals surface area contributed by atoms with Crippen molar-refractivity contribution < 1.29 is 14.3 Å². The van der Waals surface area contributed by atoms with Crippen LogP contribution in [0.15, 0.2) is 25.3 Å². The van der Waals surface area contributed by atoms with Gasteiger partial charge in [-0.1, -0.05) is 12.2 Å². The highest BCUT2D eigenvalue weighted by molar-refractivity contribution is 5.96. The largest absolute Gasteiger partial charge is 0.469 e.